The van der Waals surface area contributed by atoms with Crippen LogP contribution in [0, 0.1) is 19.7 Å². The zero-order chi connectivity index (χ0) is 14.7. The van der Waals surface area contributed by atoms with Crippen molar-refractivity contribution in [1.82, 2.24) is 0 Å². The second-order valence-corrected chi connectivity index (χ2v) is 5.00. The third kappa shape index (κ3) is 2.78. The third-order valence-electron chi connectivity index (χ3n) is 3.43. The molecule has 2 aromatic carbocycles. The predicted molar refractivity (Wildman–Crippen MR) is 78.4 cm³/mol. The molecule has 1 atom stereocenters. The van der Waals surface area contributed by atoms with Crippen LogP contribution in [0.5, 0.6) is 0 Å². The van der Waals surface area contributed by atoms with E-state index in [0.29, 0.717) is 5.56 Å². The third-order valence-corrected chi connectivity index (χ3v) is 3.43. The highest BCUT2D eigenvalue weighted by Crippen LogP contribution is 2.24. The van der Waals surface area contributed by atoms with E-state index in [-0.39, 0.29) is 17.9 Å². The Morgan fingerprint density at radius 2 is 1.85 bits per heavy atom. The number of hydrogen-bond donors (Lipinski definition) is 1. The fourth-order valence-electron chi connectivity index (χ4n) is 2.48. The zero-order valence-corrected chi connectivity index (χ0v) is 11.7. The Labute approximate surface area is 118 Å². The molecule has 0 saturated heterocycles. The van der Waals surface area contributed by atoms with Crippen molar-refractivity contribution in [3.63, 3.8) is 0 Å². The molecule has 0 radical (unpaired) electrons. The molecule has 20 heavy (non-hydrogen) atoms. The first kappa shape index (κ1) is 14.4. The number of aryl methyl sites for hydroxylation is 2. The van der Waals surface area contributed by atoms with E-state index >= 15 is 0 Å². The summed E-state index contributed by atoms with van der Waals surface area (Å²) in [5, 5.41) is 0. The molecule has 3 heteroatoms. The highest BCUT2D eigenvalue weighted by atomic mass is 19.1. The number of carbonyl (C=O) groups excluding carboxylic acids is 1. The lowest BCUT2D eigenvalue weighted by Gasteiger charge is -2.16. The van der Waals surface area contributed by atoms with Crippen LogP contribution in [0.1, 0.15) is 33.0 Å². The number of carbonyl (C=O) groups is 1. The number of hydrogen-bond acceptors (Lipinski definition) is 2. The van der Waals surface area contributed by atoms with Crippen LogP contribution in [0.2, 0.25) is 0 Å². The molecular formula is C17H18FNO. The van der Waals surface area contributed by atoms with E-state index in [4.69, 9.17) is 5.73 Å². The molecule has 104 valence electrons. The second kappa shape index (κ2) is 5.97. The van der Waals surface area contributed by atoms with E-state index in [0.717, 1.165) is 11.1 Å². The lowest BCUT2D eigenvalue weighted by atomic mass is 9.88. The summed E-state index contributed by atoms with van der Waals surface area (Å²) in [7, 11) is 0. The van der Waals surface area contributed by atoms with Crippen LogP contribution < -0.4 is 5.73 Å². The molecule has 0 saturated carbocycles. The van der Waals surface area contributed by atoms with E-state index in [9.17, 15) is 9.18 Å². The molecule has 0 aliphatic rings. The molecule has 2 aromatic rings. The minimum atomic E-state index is -0.507. The maximum atomic E-state index is 14.1. The van der Waals surface area contributed by atoms with Gasteiger partial charge in [-0.3, -0.25) is 4.79 Å². The number of rotatable bonds is 4. The van der Waals surface area contributed by atoms with Gasteiger partial charge >= 0.3 is 0 Å². The van der Waals surface area contributed by atoms with E-state index in [1.807, 2.05) is 43.3 Å². The zero-order valence-electron chi connectivity index (χ0n) is 11.7. The van der Waals surface area contributed by atoms with Crippen LogP contribution in [0.3, 0.4) is 0 Å². The minimum absolute atomic E-state index is 0.148. The first-order valence-corrected chi connectivity index (χ1v) is 6.60. The van der Waals surface area contributed by atoms with Crippen molar-refractivity contribution in [2.24, 2.45) is 5.73 Å². The van der Waals surface area contributed by atoms with Gasteiger partial charge in [0.2, 0.25) is 0 Å². The normalized spacial score (nSPS) is 12.2. The fraction of sp³-hybridized carbons (Fsp3) is 0.235. The van der Waals surface area contributed by atoms with Crippen molar-refractivity contribution in [2.75, 3.05) is 6.54 Å². The molecule has 0 spiro atoms. The Kier molecular flexibility index (Phi) is 4.30. The number of Topliss-reactive ketones (excluding diaryl/α,β-unsaturated/α-hetero) is 1. The maximum absolute atomic E-state index is 14.1. The Morgan fingerprint density at radius 1 is 1.20 bits per heavy atom. The molecule has 1 unspecified atom stereocenters. The minimum Gasteiger partial charge on any atom is -0.329 e. The molecule has 0 aliphatic carbocycles. The van der Waals surface area contributed by atoms with E-state index in [2.05, 4.69) is 0 Å². The highest BCUT2D eigenvalue weighted by molar-refractivity contribution is 6.02. The topological polar surface area (TPSA) is 43.1 Å². The van der Waals surface area contributed by atoms with Crippen molar-refractivity contribution in [3.8, 4) is 0 Å². The fourth-order valence-corrected chi connectivity index (χ4v) is 2.48. The Balaban J connectivity index is 2.45. The molecule has 0 heterocycles. The van der Waals surface area contributed by atoms with Crippen LogP contribution >= 0.6 is 0 Å². The average Bonchev–Trinajstić information content (AvgIpc) is 2.39. The molecule has 2 N–H and O–H groups in total. The van der Waals surface area contributed by atoms with Gasteiger partial charge in [-0.25, -0.2) is 4.39 Å². The number of benzene rings is 2. The monoisotopic (exact) mass is 271 g/mol. The molecule has 2 rings (SSSR count). The second-order valence-electron chi connectivity index (χ2n) is 5.00. The van der Waals surface area contributed by atoms with Crippen LogP contribution in [-0.4, -0.2) is 12.3 Å². The SMILES string of the molecule is Cc1cc(C)c(C(=O)C(CN)c2ccccc2)c(F)c1. The Hall–Kier alpha value is -2.00. The molecule has 0 bridgehead atoms. The lowest BCUT2D eigenvalue weighted by Crippen LogP contribution is -2.23. The molecule has 0 fully saturated rings. The van der Waals surface area contributed by atoms with Gasteiger partial charge in [0.25, 0.3) is 0 Å². The van der Waals surface area contributed by atoms with Crippen molar-refractivity contribution in [3.05, 3.63) is 70.5 Å². The van der Waals surface area contributed by atoms with Gasteiger partial charge < -0.3 is 5.73 Å². The average molecular weight is 271 g/mol. The van der Waals surface area contributed by atoms with Gasteiger partial charge in [-0.15, -0.1) is 0 Å². The first-order valence-electron chi connectivity index (χ1n) is 6.60. The maximum Gasteiger partial charge on any atom is 0.174 e. The van der Waals surface area contributed by atoms with Crippen molar-refractivity contribution < 1.29 is 9.18 Å². The summed E-state index contributed by atoms with van der Waals surface area (Å²) in [5.74, 6) is -1.23. The molecular weight excluding hydrogens is 253 g/mol. The Morgan fingerprint density at radius 3 is 2.40 bits per heavy atom. The quantitative estimate of drug-likeness (QED) is 0.866. The predicted octanol–water partition coefficient (Wildman–Crippen LogP) is 3.37. The summed E-state index contributed by atoms with van der Waals surface area (Å²) in [4.78, 5) is 12.6. The molecule has 0 amide bonds. The standard InChI is InChI=1S/C17H18FNO/c1-11-8-12(2)16(15(18)9-11)17(20)14(10-19)13-6-4-3-5-7-13/h3-9,14H,10,19H2,1-2H3. The number of nitrogens with two attached hydrogens (primary N) is 1. The summed E-state index contributed by atoms with van der Waals surface area (Å²) < 4.78 is 14.1. The van der Waals surface area contributed by atoms with Gasteiger partial charge in [-0.2, -0.15) is 0 Å². The van der Waals surface area contributed by atoms with Crippen LogP contribution in [0.4, 0.5) is 4.39 Å². The van der Waals surface area contributed by atoms with Crippen LogP contribution in [-0.2, 0) is 0 Å². The van der Waals surface area contributed by atoms with Gasteiger partial charge in [0.05, 0.1) is 11.5 Å². The van der Waals surface area contributed by atoms with E-state index in [1.54, 1.807) is 6.92 Å². The summed E-state index contributed by atoms with van der Waals surface area (Å²) in [6.07, 6.45) is 0. The summed E-state index contributed by atoms with van der Waals surface area (Å²) in [6, 6.07) is 12.5. The molecule has 2 nitrogen and oxygen atoms in total. The van der Waals surface area contributed by atoms with Gasteiger partial charge in [0, 0.05) is 6.54 Å². The van der Waals surface area contributed by atoms with Gasteiger partial charge in [0.1, 0.15) is 5.82 Å². The smallest absolute Gasteiger partial charge is 0.174 e. The van der Waals surface area contributed by atoms with Gasteiger partial charge in [0.15, 0.2) is 5.78 Å². The molecule has 0 aliphatic heterocycles. The van der Waals surface area contributed by atoms with Gasteiger partial charge in [-0.05, 0) is 36.6 Å². The van der Waals surface area contributed by atoms with Crippen LogP contribution in [0.25, 0.3) is 0 Å². The lowest BCUT2D eigenvalue weighted by molar-refractivity contribution is 0.0957. The number of halogens is 1. The summed E-state index contributed by atoms with van der Waals surface area (Å²) >= 11 is 0. The summed E-state index contributed by atoms with van der Waals surface area (Å²) in [6.45, 7) is 3.72. The van der Waals surface area contributed by atoms with Gasteiger partial charge in [-0.1, -0.05) is 36.4 Å². The highest BCUT2D eigenvalue weighted by Gasteiger charge is 2.24. The van der Waals surface area contributed by atoms with E-state index < -0.39 is 11.7 Å². The van der Waals surface area contributed by atoms with Crippen molar-refractivity contribution >= 4 is 5.78 Å². The molecule has 0 aromatic heterocycles. The van der Waals surface area contributed by atoms with Crippen molar-refractivity contribution in [1.29, 1.82) is 0 Å². The largest absolute Gasteiger partial charge is 0.329 e. The first-order chi connectivity index (χ1) is 9.54. The Bertz CT molecular complexity index is 599. The van der Waals surface area contributed by atoms with E-state index in [1.165, 1.54) is 6.07 Å². The van der Waals surface area contributed by atoms with Crippen molar-refractivity contribution in [2.45, 2.75) is 19.8 Å². The number of ketones is 1. The van der Waals surface area contributed by atoms with Crippen LogP contribution in [0.15, 0.2) is 42.5 Å². The summed E-state index contributed by atoms with van der Waals surface area (Å²) in [5.41, 5.74) is 8.16.